The molecule has 0 aromatic heterocycles. The van der Waals surface area contributed by atoms with E-state index in [0.717, 1.165) is 96.3 Å². The number of unbranched alkanes of at least 4 members (excludes halogenated alkanes) is 15. The zero-order valence-electron chi connectivity index (χ0n) is 36.3. The molecule has 328 valence electrons. The lowest BCUT2D eigenvalue weighted by Gasteiger charge is -2.20. The van der Waals surface area contributed by atoms with Crippen molar-refractivity contribution in [1.29, 1.82) is 0 Å². The lowest BCUT2D eigenvalue weighted by Crippen LogP contribution is -2.28. The minimum absolute atomic E-state index is 0.0924. The molecule has 2 atom stereocenters. The molecule has 0 heterocycles. The molecule has 3 N–H and O–H groups in total. The second kappa shape index (κ2) is 44.8. The van der Waals surface area contributed by atoms with Gasteiger partial charge in [0.15, 0.2) is 0 Å². The van der Waals surface area contributed by atoms with E-state index in [4.69, 9.17) is 24.3 Å². The second-order valence-electron chi connectivity index (χ2n) is 14.5. The van der Waals surface area contributed by atoms with E-state index in [2.05, 4.69) is 98.9 Å². The van der Waals surface area contributed by atoms with Crippen LogP contribution in [0.4, 0.5) is 0 Å². The normalized spacial score (nSPS) is 14.2. The monoisotopic (exact) mass is 818 g/mol. The van der Waals surface area contributed by atoms with Crippen molar-refractivity contribution in [1.82, 2.24) is 0 Å². The highest BCUT2D eigenvalue weighted by Gasteiger charge is 2.25. The van der Waals surface area contributed by atoms with Gasteiger partial charge in [0.1, 0.15) is 6.10 Å². The van der Waals surface area contributed by atoms with E-state index in [1.807, 2.05) is 0 Å². The fourth-order valence-corrected chi connectivity index (χ4v) is 6.56. The Morgan fingerprint density at radius 3 is 1.47 bits per heavy atom. The van der Waals surface area contributed by atoms with E-state index in [-0.39, 0.29) is 32.3 Å². The van der Waals surface area contributed by atoms with Crippen LogP contribution in [0.25, 0.3) is 0 Å². The van der Waals surface area contributed by atoms with Crippen molar-refractivity contribution in [2.45, 2.75) is 180 Å². The third kappa shape index (κ3) is 44.6. The molecule has 0 aliphatic rings. The van der Waals surface area contributed by atoms with E-state index in [9.17, 15) is 14.3 Å². The largest absolute Gasteiger partial charge is 0.472 e. The number of allylic oxidation sites excluding steroid dienone is 14. The molecule has 0 aliphatic carbocycles. The van der Waals surface area contributed by atoms with E-state index in [1.165, 1.54) is 57.8 Å². The van der Waals surface area contributed by atoms with Crippen LogP contribution in [0, 0.1) is 0 Å². The number of hydrogen-bond donors (Lipinski definition) is 2. The molecular formula is C48H84NO7P. The highest BCUT2D eigenvalue weighted by Crippen LogP contribution is 2.43. The summed E-state index contributed by atoms with van der Waals surface area (Å²) in [5, 5.41) is 0. The number of esters is 1. The number of phosphoric acid groups is 1. The van der Waals surface area contributed by atoms with Gasteiger partial charge in [-0.2, -0.15) is 0 Å². The minimum Gasteiger partial charge on any atom is -0.457 e. The average molecular weight is 818 g/mol. The number of ether oxygens (including phenoxy) is 2. The fraction of sp³-hybridized carbons (Fsp3) is 0.688. The Morgan fingerprint density at radius 2 is 0.982 bits per heavy atom. The van der Waals surface area contributed by atoms with E-state index >= 15 is 0 Å². The SMILES string of the molecule is CC/C=C\C/C=C\C/C=C\C/C=C\C/C=C\C/C=C\C/C=C\CCCCCCOCC(COP(=O)(O)OCCN)OC(=O)CCCCCCCCCCCCCC. The van der Waals surface area contributed by atoms with E-state index in [0.29, 0.717) is 13.0 Å². The minimum atomic E-state index is -4.29. The van der Waals surface area contributed by atoms with Crippen LogP contribution in [0.2, 0.25) is 0 Å². The molecule has 2 unspecified atom stereocenters. The Balaban J connectivity index is 4.06. The zero-order chi connectivity index (χ0) is 41.6. The van der Waals surface area contributed by atoms with Crippen LogP contribution < -0.4 is 5.73 Å². The number of rotatable bonds is 42. The van der Waals surface area contributed by atoms with Crippen molar-refractivity contribution < 1.29 is 32.8 Å². The maximum Gasteiger partial charge on any atom is 0.472 e. The molecule has 8 nitrogen and oxygen atoms in total. The van der Waals surface area contributed by atoms with Gasteiger partial charge in [-0.1, -0.05) is 182 Å². The second-order valence-corrected chi connectivity index (χ2v) is 16.0. The van der Waals surface area contributed by atoms with Gasteiger partial charge in [0.25, 0.3) is 0 Å². The summed E-state index contributed by atoms with van der Waals surface area (Å²) >= 11 is 0. The van der Waals surface area contributed by atoms with Gasteiger partial charge in [0.2, 0.25) is 0 Å². The predicted molar refractivity (Wildman–Crippen MR) is 242 cm³/mol. The Bertz CT molecular complexity index is 1140. The molecule has 0 spiro atoms. The molecule has 0 amide bonds. The lowest BCUT2D eigenvalue weighted by atomic mass is 10.0. The van der Waals surface area contributed by atoms with Gasteiger partial charge < -0.3 is 20.1 Å². The van der Waals surface area contributed by atoms with Gasteiger partial charge >= 0.3 is 13.8 Å². The van der Waals surface area contributed by atoms with Crippen LogP contribution in [0.15, 0.2) is 85.1 Å². The van der Waals surface area contributed by atoms with Gasteiger partial charge in [0.05, 0.1) is 19.8 Å². The van der Waals surface area contributed by atoms with Gasteiger partial charge in [0, 0.05) is 19.6 Å². The molecule has 0 fully saturated rings. The Morgan fingerprint density at radius 1 is 0.544 bits per heavy atom. The molecule has 0 aromatic rings. The number of carbonyl (C=O) groups is 1. The van der Waals surface area contributed by atoms with E-state index in [1.54, 1.807) is 0 Å². The number of phosphoric ester groups is 1. The van der Waals surface area contributed by atoms with Gasteiger partial charge in [-0.05, 0) is 70.6 Å². The summed E-state index contributed by atoms with van der Waals surface area (Å²) in [6.07, 6.45) is 57.5. The lowest BCUT2D eigenvalue weighted by molar-refractivity contribution is -0.154. The molecule has 0 bridgehead atoms. The molecule has 0 rings (SSSR count). The van der Waals surface area contributed by atoms with Crippen molar-refractivity contribution >= 4 is 13.8 Å². The summed E-state index contributed by atoms with van der Waals surface area (Å²) in [6.45, 7) is 4.72. The third-order valence-electron chi connectivity index (χ3n) is 9.08. The number of nitrogens with two attached hydrogens (primary N) is 1. The standard InChI is InChI=1S/C48H84NO7P/c1-3-5-7-9-11-13-15-17-18-19-20-21-22-23-24-25-26-27-28-29-30-32-34-36-38-40-43-53-45-47(46-55-57(51,52)54-44-42-49)56-48(50)41-39-37-35-33-31-16-14-12-10-8-6-4-2/h5,7,11,13,17-18,20-21,23-24,26-27,29-30,47H,3-4,6,8-10,12,14-16,19,22,25,28,31-46,49H2,1-2H3,(H,51,52)/b7-5-,13-11-,18-17-,21-20-,24-23-,27-26-,30-29-. The highest BCUT2D eigenvalue weighted by molar-refractivity contribution is 7.47. The Kier molecular flexibility index (Phi) is 43.0. The van der Waals surface area contributed by atoms with Crippen LogP contribution in [-0.4, -0.2) is 49.9 Å². The first-order valence-electron chi connectivity index (χ1n) is 22.6. The summed E-state index contributed by atoms with van der Waals surface area (Å²) < 4.78 is 33.4. The first-order chi connectivity index (χ1) is 27.9. The van der Waals surface area contributed by atoms with Crippen LogP contribution in [0.3, 0.4) is 0 Å². The summed E-state index contributed by atoms with van der Waals surface area (Å²) in [7, 11) is -4.29. The predicted octanol–water partition coefficient (Wildman–Crippen LogP) is 13.7. The Labute approximate surface area is 349 Å². The van der Waals surface area contributed by atoms with Crippen LogP contribution in [-0.2, 0) is 27.9 Å². The van der Waals surface area contributed by atoms with Gasteiger partial charge in [-0.3, -0.25) is 13.8 Å². The molecule has 0 saturated carbocycles. The average Bonchev–Trinajstić information content (AvgIpc) is 3.20. The maximum absolute atomic E-state index is 12.6. The topological polar surface area (TPSA) is 117 Å². The Hall–Kier alpha value is -2.32. The van der Waals surface area contributed by atoms with Crippen LogP contribution in [0.1, 0.15) is 174 Å². The zero-order valence-corrected chi connectivity index (χ0v) is 37.2. The van der Waals surface area contributed by atoms with Crippen molar-refractivity contribution in [2.24, 2.45) is 5.73 Å². The van der Waals surface area contributed by atoms with Crippen molar-refractivity contribution in [3.8, 4) is 0 Å². The summed E-state index contributed by atoms with van der Waals surface area (Å²) in [5.41, 5.74) is 5.37. The first kappa shape index (κ1) is 54.7. The van der Waals surface area contributed by atoms with Gasteiger partial charge in [-0.15, -0.1) is 0 Å². The molecular weight excluding hydrogens is 734 g/mol. The summed E-state index contributed by atoms with van der Waals surface area (Å²) in [4.78, 5) is 22.5. The van der Waals surface area contributed by atoms with Crippen molar-refractivity contribution in [2.75, 3.05) is 33.0 Å². The smallest absolute Gasteiger partial charge is 0.457 e. The summed E-state index contributed by atoms with van der Waals surface area (Å²) in [5.74, 6) is -0.344. The van der Waals surface area contributed by atoms with E-state index < -0.39 is 13.9 Å². The molecule has 57 heavy (non-hydrogen) atoms. The van der Waals surface area contributed by atoms with Crippen LogP contribution >= 0.6 is 7.82 Å². The molecule has 0 aliphatic heterocycles. The molecule has 0 aromatic carbocycles. The molecule has 0 saturated heterocycles. The third-order valence-corrected chi connectivity index (χ3v) is 10.1. The number of hydrogen-bond acceptors (Lipinski definition) is 7. The fourth-order valence-electron chi connectivity index (χ4n) is 5.80. The number of carbonyl (C=O) groups excluding carboxylic acids is 1. The van der Waals surface area contributed by atoms with Gasteiger partial charge in [-0.25, -0.2) is 4.57 Å². The van der Waals surface area contributed by atoms with Crippen molar-refractivity contribution in [3.05, 3.63) is 85.1 Å². The van der Waals surface area contributed by atoms with Crippen molar-refractivity contribution in [3.63, 3.8) is 0 Å². The maximum atomic E-state index is 12.6. The first-order valence-corrected chi connectivity index (χ1v) is 24.1. The summed E-state index contributed by atoms with van der Waals surface area (Å²) in [6, 6.07) is 0. The molecule has 9 heteroatoms. The van der Waals surface area contributed by atoms with Crippen LogP contribution in [0.5, 0.6) is 0 Å². The highest BCUT2D eigenvalue weighted by atomic mass is 31.2. The quantitative estimate of drug-likeness (QED) is 0.0271. The molecule has 0 radical (unpaired) electrons.